The van der Waals surface area contributed by atoms with Crippen molar-refractivity contribution >= 4 is 5.78 Å². The number of hydrogen-bond donors (Lipinski definition) is 2. The maximum atomic E-state index is 13.3. The number of ketones is 1. The number of Topliss-reactive ketones (excluding diaryl/α,β-unsaturated/α-hetero) is 1. The molecule has 2 N–H and O–H groups in total. The van der Waals surface area contributed by atoms with E-state index in [-0.39, 0.29) is 34.9 Å². The number of hydrogen-bond acceptors (Lipinski definition) is 3. The first kappa shape index (κ1) is 16.1. The largest absolute Gasteiger partial charge is 0.396 e. The Morgan fingerprint density at radius 2 is 1.87 bits per heavy atom. The fraction of sp³-hybridized carbons (Fsp3) is 0.950. The van der Waals surface area contributed by atoms with Crippen molar-refractivity contribution in [2.75, 3.05) is 6.61 Å². The third-order valence-electron chi connectivity index (χ3n) is 8.97. The van der Waals surface area contributed by atoms with Gasteiger partial charge in [-0.15, -0.1) is 0 Å². The van der Waals surface area contributed by atoms with E-state index < -0.39 is 0 Å². The minimum Gasteiger partial charge on any atom is -0.396 e. The maximum Gasteiger partial charge on any atom is 0.139 e. The van der Waals surface area contributed by atoms with Crippen LogP contribution in [-0.2, 0) is 4.79 Å². The maximum absolute atomic E-state index is 13.3. The zero-order chi connectivity index (χ0) is 16.6. The van der Waals surface area contributed by atoms with E-state index in [0.717, 1.165) is 32.1 Å². The first-order chi connectivity index (χ1) is 10.8. The van der Waals surface area contributed by atoms with E-state index in [1.807, 2.05) is 0 Å². The molecule has 4 fully saturated rings. The SMILES string of the molecule is C[C@H]1C[C@]23C[C@H]1CC[C@H]2[C@@]1(C)[C@H](CC3=O)[C@@](C)(CO)CC[C@@H]1O. The van der Waals surface area contributed by atoms with Gasteiger partial charge < -0.3 is 10.2 Å². The van der Waals surface area contributed by atoms with Gasteiger partial charge in [0.25, 0.3) is 0 Å². The van der Waals surface area contributed by atoms with E-state index in [2.05, 4.69) is 20.8 Å². The van der Waals surface area contributed by atoms with Gasteiger partial charge in [0.15, 0.2) is 0 Å². The Kier molecular flexibility index (Phi) is 3.37. The van der Waals surface area contributed by atoms with E-state index in [4.69, 9.17) is 0 Å². The number of aliphatic hydroxyl groups excluding tert-OH is 2. The second kappa shape index (κ2) is 4.82. The van der Waals surface area contributed by atoms with Crippen LogP contribution in [0.1, 0.15) is 65.7 Å². The van der Waals surface area contributed by atoms with E-state index in [1.165, 1.54) is 6.42 Å². The van der Waals surface area contributed by atoms with Crippen molar-refractivity contribution in [1.29, 1.82) is 0 Å². The zero-order valence-electron chi connectivity index (χ0n) is 14.8. The van der Waals surface area contributed by atoms with Crippen LogP contribution in [0, 0.1) is 39.9 Å². The van der Waals surface area contributed by atoms with Gasteiger partial charge in [0, 0.05) is 23.9 Å². The normalized spacial score (nSPS) is 58.7. The Hall–Kier alpha value is -0.410. The molecule has 0 unspecified atom stereocenters. The average molecular weight is 320 g/mol. The molecule has 0 saturated heterocycles. The molecule has 0 aliphatic heterocycles. The van der Waals surface area contributed by atoms with Crippen molar-refractivity contribution < 1.29 is 15.0 Å². The summed E-state index contributed by atoms with van der Waals surface area (Å²) in [6.07, 6.45) is 6.24. The van der Waals surface area contributed by atoms with Crippen LogP contribution >= 0.6 is 0 Å². The molecule has 2 bridgehead atoms. The predicted octanol–water partition coefficient (Wildman–Crippen LogP) is 3.18. The average Bonchev–Trinajstić information content (AvgIpc) is 2.78. The van der Waals surface area contributed by atoms with E-state index in [9.17, 15) is 15.0 Å². The van der Waals surface area contributed by atoms with E-state index in [0.29, 0.717) is 30.0 Å². The van der Waals surface area contributed by atoms with Crippen LogP contribution in [-0.4, -0.2) is 28.7 Å². The smallest absolute Gasteiger partial charge is 0.139 e. The lowest BCUT2D eigenvalue weighted by atomic mass is 9.40. The van der Waals surface area contributed by atoms with Gasteiger partial charge in [-0.1, -0.05) is 20.8 Å². The van der Waals surface area contributed by atoms with Crippen LogP contribution in [0.3, 0.4) is 0 Å². The number of carbonyl (C=O) groups excluding carboxylic acids is 1. The first-order valence-electron chi connectivity index (χ1n) is 9.60. The number of rotatable bonds is 1. The van der Waals surface area contributed by atoms with Crippen molar-refractivity contribution in [3.63, 3.8) is 0 Å². The molecule has 3 nitrogen and oxygen atoms in total. The van der Waals surface area contributed by atoms with E-state index >= 15 is 0 Å². The molecule has 4 saturated carbocycles. The molecule has 4 aliphatic carbocycles. The summed E-state index contributed by atoms with van der Waals surface area (Å²) in [5.41, 5.74) is -0.590. The van der Waals surface area contributed by atoms with Crippen molar-refractivity contribution in [3.05, 3.63) is 0 Å². The van der Waals surface area contributed by atoms with Gasteiger partial charge in [-0.3, -0.25) is 4.79 Å². The molecule has 0 radical (unpaired) electrons. The fourth-order valence-corrected chi connectivity index (χ4v) is 7.60. The minimum atomic E-state index is -0.324. The van der Waals surface area contributed by atoms with Crippen LogP contribution in [0.5, 0.6) is 0 Å². The third kappa shape index (κ3) is 1.81. The van der Waals surface area contributed by atoms with Crippen molar-refractivity contribution in [2.24, 2.45) is 39.9 Å². The monoisotopic (exact) mass is 320 g/mol. The molecule has 130 valence electrons. The van der Waals surface area contributed by atoms with Crippen LogP contribution < -0.4 is 0 Å². The molecule has 0 aromatic carbocycles. The standard InChI is InChI=1S/C20H32O3/c1-12-9-20-10-13(12)4-5-14(20)19(3)15(8-17(20)23)18(2,11-21)7-6-16(19)22/h12-16,21-22H,4-11H2,1-3H3/t12-,13+,14-,15+,16-,18+,19-,20-/m0/s1. The highest BCUT2D eigenvalue weighted by atomic mass is 16.3. The summed E-state index contributed by atoms with van der Waals surface area (Å²) in [6.45, 7) is 6.83. The highest BCUT2D eigenvalue weighted by Gasteiger charge is 2.69. The Bertz CT molecular complexity index is 527. The second-order valence-electron chi connectivity index (χ2n) is 9.84. The summed E-state index contributed by atoms with van der Waals surface area (Å²) < 4.78 is 0. The zero-order valence-corrected chi connectivity index (χ0v) is 14.8. The number of carbonyl (C=O) groups is 1. The van der Waals surface area contributed by atoms with Crippen LogP contribution in [0.15, 0.2) is 0 Å². The second-order valence-corrected chi connectivity index (χ2v) is 9.84. The lowest BCUT2D eigenvalue weighted by molar-refractivity contribution is -0.206. The summed E-state index contributed by atoms with van der Waals surface area (Å²) in [5.74, 6) is 2.24. The molecule has 1 spiro atoms. The van der Waals surface area contributed by atoms with Crippen LogP contribution in [0.2, 0.25) is 0 Å². The summed E-state index contributed by atoms with van der Waals surface area (Å²) in [4.78, 5) is 13.3. The Morgan fingerprint density at radius 3 is 2.57 bits per heavy atom. The Balaban J connectivity index is 1.82. The molecular formula is C20H32O3. The molecule has 23 heavy (non-hydrogen) atoms. The Morgan fingerprint density at radius 1 is 1.13 bits per heavy atom. The number of aliphatic hydroxyl groups is 2. The highest BCUT2D eigenvalue weighted by Crippen LogP contribution is 2.71. The van der Waals surface area contributed by atoms with Crippen LogP contribution in [0.4, 0.5) is 0 Å². The van der Waals surface area contributed by atoms with Gasteiger partial charge in [0.05, 0.1) is 6.10 Å². The fourth-order valence-electron chi connectivity index (χ4n) is 7.60. The summed E-state index contributed by atoms with van der Waals surface area (Å²) in [7, 11) is 0. The lowest BCUT2D eigenvalue weighted by Gasteiger charge is -2.64. The summed E-state index contributed by atoms with van der Waals surface area (Å²) in [6, 6.07) is 0. The van der Waals surface area contributed by atoms with Gasteiger partial charge >= 0.3 is 0 Å². The summed E-state index contributed by atoms with van der Waals surface area (Å²) in [5, 5.41) is 21.1. The van der Waals surface area contributed by atoms with Crippen molar-refractivity contribution in [3.8, 4) is 0 Å². The molecule has 3 heteroatoms. The van der Waals surface area contributed by atoms with Gasteiger partial charge in [-0.25, -0.2) is 0 Å². The third-order valence-corrected chi connectivity index (χ3v) is 8.97. The topological polar surface area (TPSA) is 57.5 Å². The lowest BCUT2D eigenvalue weighted by Crippen LogP contribution is -2.65. The van der Waals surface area contributed by atoms with Crippen molar-refractivity contribution in [1.82, 2.24) is 0 Å². The molecular weight excluding hydrogens is 288 g/mol. The minimum absolute atomic E-state index is 0.124. The van der Waals surface area contributed by atoms with Gasteiger partial charge in [0.1, 0.15) is 5.78 Å². The summed E-state index contributed by atoms with van der Waals surface area (Å²) >= 11 is 0. The molecule has 0 heterocycles. The molecule has 0 amide bonds. The molecule has 4 rings (SSSR count). The van der Waals surface area contributed by atoms with Gasteiger partial charge in [-0.05, 0) is 67.6 Å². The van der Waals surface area contributed by atoms with Gasteiger partial charge in [0.2, 0.25) is 0 Å². The molecule has 8 atom stereocenters. The molecule has 0 aromatic heterocycles. The molecule has 0 aromatic rings. The molecule has 4 aliphatic rings. The highest BCUT2D eigenvalue weighted by molar-refractivity contribution is 5.87. The number of fused-ring (bicyclic) bond motifs is 3. The van der Waals surface area contributed by atoms with Gasteiger partial charge in [-0.2, -0.15) is 0 Å². The first-order valence-corrected chi connectivity index (χ1v) is 9.60. The quantitative estimate of drug-likeness (QED) is 0.780. The van der Waals surface area contributed by atoms with E-state index in [1.54, 1.807) is 0 Å². The predicted molar refractivity (Wildman–Crippen MR) is 88.7 cm³/mol. The van der Waals surface area contributed by atoms with Crippen molar-refractivity contribution in [2.45, 2.75) is 71.8 Å². The van der Waals surface area contributed by atoms with Crippen LogP contribution in [0.25, 0.3) is 0 Å². The Labute approximate surface area is 139 Å².